The van der Waals surface area contributed by atoms with Gasteiger partial charge in [0.15, 0.2) is 0 Å². The van der Waals surface area contributed by atoms with Gasteiger partial charge < -0.3 is 14.7 Å². The number of benzene rings is 1. The summed E-state index contributed by atoms with van der Waals surface area (Å²) in [4.78, 5) is 22.8. The zero-order chi connectivity index (χ0) is 27.7. The van der Waals surface area contributed by atoms with Crippen LogP contribution in [0.1, 0.15) is 36.2 Å². The van der Waals surface area contributed by atoms with Gasteiger partial charge in [-0.3, -0.25) is 0 Å². The molecule has 3 aromatic rings. The Morgan fingerprint density at radius 3 is 2.50 bits per heavy atom. The summed E-state index contributed by atoms with van der Waals surface area (Å²) in [6.45, 7) is 2.08. The molecule has 0 aliphatic carbocycles. The Morgan fingerprint density at radius 2 is 1.89 bits per heavy atom. The van der Waals surface area contributed by atoms with E-state index in [1.54, 1.807) is 6.07 Å². The van der Waals surface area contributed by atoms with Crippen molar-refractivity contribution in [3.63, 3.8) is 0 Å². The molecule has 0 amide bonds. The third-order valence-electron chi connectivity index (χ3n) is 6.30. The average Bonchev–Trinajstić information content (AvgIpc) is 3.23. The van der Waals surface area contributed by atoms with Crippen LogP contribution in [0.4, 0.5) is 23.5 Å². The Morgan fingerprint density at radius 1 is 1.18 bits per heavy atom. The first-order chi connectivity index (χ1) is 17.9. The van der Waals surface area contributed by atoms with Crippen molar-refractivity contribution in [2.45, 2.75) is 44.8 Å². The Bertz CT molecular complexity index is 1430. The first kappa shape index (κ1) is 27.6. The first-order valence-corrected chi connectivity index (χ1v) is 13.7. The number of carbonyl (C=O) groups excluding carboxylic acids is 1. The molecule has 1 aliphatic heterocycles. The van der Waals surface area contributed by atoms with E-state index in [0.717, 1.165) is 12.5 Å². The highest BCUT2D eigenvalue weighted by Crippen LogP contribution is 2.36. The average molecular weight is 555 g/mol. The molecule has 3 heterocycles. The van der Waals surface area contributed by atoms with Gasteiger partial charge in [-0.1, -0.05) is 6.07 Å². The molecule has 1 aliphatic rings. The molecule has 1 N–H and O–H groups in total. The Hall–Kier alpha value is -3.39. The number of rotatable bonds is 8. The Kier molecular flexibility index (Phi) is 7.83. The van der Waals surface area contributed by atoms with E-state index in [4.69, 9.17) is 0 Å². The number of nitrogens with one attached hydrogen (secondary N) is 1. The van der Waals surface area contributed by atoms with Crippen LogP contribution in [0.25, 0.3) is 17.1 Å². The summed E-state index contributed by atoms with van der Waals surface area (Å²) in [6, 6.07) is 4.17. The summed E-state index contributed by atoms with van der Waals surface area (Å²) in [6.07, 6.45) is 0.532. The number of hydrogen-bond acceptors (Lipinski definition) is 7. The van der Waals surface area contributed by atoms with Gasteiger partial charge in [0.2, 0.25) is 16.0 Å². The minimum Gasteiger partial charge on any atom is -0.351 e. The van der Waals surface area contributed by atoms with Crippen LogP contribution in [-0.2, 0) is 27.4 Å². The fraction of sp³-hybridized carbons (Fsp3) is 0.417. The number of sulfonamides is 1. The third kappa shape index (κ3) is 6.18. The van der Waals surface area contributed by atoms with Crippen LogP contribution >= 0.6 is 0 Å². The van der Waals surface area contributed by atoms with Crippen LogP contribution in [0.3, 0.4) is 0 Å². The fourth-order valence-electron chi connectivity index (χ4n) is 4.33. The van der Waals surface area contributed by atoms with E-state index in [0.29, 0.717) is 31.0 Å². The quantitative estimate of drug-likeness (QED) is 0.334. The van der Waals surface area contributed by atoms with E-state index in [1.165, 1.54) is 34.1 Å². The SMILES string of the molecule is Cc1nc(-c2nc(NC3CCN(S(C)(=O)=O)CC3)ncc2C(F)(F)F)cn1-c1ccc(CCC=O)cc1F. The molecule has 204 valence electrons. The highest BCUT2D eigenvalue weighted by molar-refractivity contribution is 7.88. The summed E-state index contributed by atoms with van der Waals surface area (Å²) in [5.74, 6) is -0.417. The van der Waals surface area contributed by atoms with Gasteiger partial charge in [-0.15, -0.1) is 0 Å². The van der Waals surface area contributed by atoms with Crippen molar-refractivity contribution < 1.29 is 30.8 Å². The molecule has 0 saturated carbocycles. The second-order valence-corrected chi connectivity index (χ2v) is 11.1. The van der Waals surface area contributed by atoms with Crippen LogP contribution in [0.2, 0.25) is 0 Å². The minimum absolute atomic E-state index is 0.0521. The van der Waals surface area contributed by atoms with E-state index >= 15 is 0 Å². The van der Waals surface area contributed by atoms with Gasteiger partial charge in [0.25, 0.3) is 0 Å². The number of aryl methyl sites for hydroxylation is 2. The van der Waals surface area contributed by atoms with E-state index in [2.05, 4.69) is 20.3 Å². The highest BCUT2D eigenvalue weighted by Gasteiger charge is 2.36. The molecule has 1 saturated heterocycles. The summed E-state index contributed by atoms with van der Waals surface area (Å²) < 4.78 is 82.5. The number of alkyl halides is 3. The van der Waals surface area contributed by atoms with Crippen molar-refractivity contribution in [2.75, 3.05) is 24.7 Å². The molecule has 0 radical (unpaired) electrons. The van der Waals surface area contributed by atoms with Gasteiger partial charge in [0.05, 0.1) is 11.9 Å². The van der Waals surface area contributed by atoms with Gasteiger partial charge in [0.1, 0.15) is 34.9 Å². The first-order valence-electron chi connectivity index (χ1n) is 11.8. The molecule has 2 aromatic heterocycles. The molecule has 14 heteroatoms. The predicted molar refractivity (Wildman–Crippen MR) is 132 cm³/mol. The summed E-state index contributed by atoms with van der Waals surface area (Å²) in [5.41, 5.74) is -0.964. The maximum absolute atomic E-state index is 14.9. The maximum Gasteiger partial charge on any atom is 0.420 e. The maximum atomic E-state index is 14.9. The molecule has 1 fully saturated rings. The second-order valence-electron chi connectivity index (χ2n) is 9.07. The lowest BCUT2D eigenvalue weighted by Gasteiger charge is -2.30. The van der Waals surface area contributed by atoms with Gasteiger partial charge in [-0.05, 0) is 43.9 Å². The lowest BCUT2D eigenvalue weighted by molar-refractivity contribution is -0.137. The van der Waals surface area contributed by atoms with Crippen molar-refractivity contribution >= 4 is 22.3 Å². The van der Waals surface area contributed by atoms with E-state index in [1.807, 2.05) is 0 Å². The number of halogens is 4. The fourth-order valence-corrected chi connectivity index (χ4v) is 5.20. The van der Waals surface area contributed by atoms with E-state index in [-0.39, 0.29) is 48.7 Å². The molecule has 0 spiro atoms. The van der Waals surface area contributed by atoms with Crippen LogP contribution in [0.15, 0.2) is 30.6 Å². The van der Waals surface area contributed by atoms with Crippen molar-refractivity contribution in [3.8, 4) is 17.1 Å². The molecular weight excluding hydrogens is 528 g/mol. The molecule has 0 atom stereocenters. The van der Waals surface area contributed by atoms with Gasteiger partial charge in [-0.25, -0.2) is 32.1 Å². The molecule has 0 bridgehead atoms. The molecule has 4 rings (SSSR count). The zero-order valence-electron chi connectivity index (χ0n) is 20.7. The highest BCUT2D eigenvalue weighted by atomic mass is 32.2. The van der Waals surface area contributed by atoms with Crippen LogP contribution in [0.5, 0.6) is 0 Å². The summed E-state index contributed by atoms with van der Waals surface area (Å²) in [5, 5.41) is 3.00. The number of carbonyl (C=O) groups is 1. The van der Waals surface area contributed by atoms with Gasteiger partial charge in [-0.2, -0.15) is 13.2 Å². The third-order valence-corrected chi connectivity index (χ3v) is 7.60. The van der Waals surface area contributed by atoms with Gasteiger partial charge in [0, 0.05) is 37.9 Å². The van der Waals surface area contributed by atoms with Gasteiger partial charge >= 0.3 is 6.18 Å². The predicted octanol–water partition coefficient (Wildman–Crippen LogP) is 3.76. The largest absolute Gasteiger partial charge is 0.420 e. The monoisotopic (exact) mass is 554 g/mol. The van der Waals surface area contributed by atoms with Crippen molar-refractivity contribution in [3.05, 3.63) is 53.4 Å². The second kappa shape index (κ2) is 10.8. The lowest BCUT2D eigenvalue weighted by atomic mass is 10.1. The van der Waals surface area contributed by atoms with E-state index in [9.17, 15) is 30.8 Å². The van der Waals surface area contributed by atoms with Crippen molar-refractivity contribution in [2.24, 2.45) is 0 Å². The number of hydrogen-bond donors (Lipinski definition) is 1. The van der Waals surface area contributed by atoms with Crippen molar-refractivity contribution in [1.82, 2.24) is 23.8 Å². The normalized spacial score (nSPS) is 15.5. The minimum atomic E-state index is -4.77. The summed E-state index contributed by atoms with van der Waals surface area (Å²) in [7, 11) is -3.32. The molecular formula is C24H26F4N6O3S. The molecule has 9 nitrogen and oxygen atoms in total. The number of aromatic nitrogens is 4. The molecule has 38 heavy (non-hydrogen) atoms. The number of piperidine rings is 1. The Labute approximate surface area is 217 Å². The zero-order valence-corrected chi connectivity index (χ0v) is 21.5. The smallest absolute Gasteiger partial charge is 0.351 e. The molecule has 0 unspecified atom stereocenters. The number of aldehydes is 1. The summed E-state index contributed by atoms with van der Waals surface area (Å²) >= 11 is 0. The number of imidazole rings is 1. The van der Waals surface area contributed by atoms with Crippen LogP contribution in [0, 0.1) is 12.7 Å². The number of nitrogens with zero attached hydrogens (tertiary/aromatic N) is 5. The topological polar surface area (TPSA) is 110 Å². The van der Waals surface area contributed by atoms with Crippen molar-refractivity contribution in [1.29, 1.82) is 0 Å². The van der Waals surface area contributed by atoms with Crippen LogP contribution in [-0.4, -0.2) is 63.9 Å². The number of anilines is 1. The van der Waals surface area contributed by atoms with E-state index < -0.39 is 33.3 Å². The standard InChI is InChI=1S/C24H26F4N6O3S/c1-15-30-20(14-34(15)21-6-5-16(4-3-11-35)12-19(21)25)22-18(24(26,27)28)13-29-23(32-22)31-17-7-9-33(10-8-17)38(2,36)37/h5-6,11-14,17H,3-4,7-10H2,1-2H3,(H,29,31,32). The Balaban J connectivity index is 1.64. The van der Waals surface area contributed by atoms with Crippen LogP contribution < -0.4 is 5.32 Å². The lowest BCUT2D eigenvalue weighted by Crippen LogP contribution is -2.42. The molecule has 1 aromatic carbocycles.